The highest BCUT2D eigenvalue weighted by Gasteiger charge is 2.61. The first kappa shape index (κ1) is 45.1. The molecular weight excluding hydrogens is 693 g/mol. The number of carbonyl (C=O) groups excluding carboxylic acids is 1. The SMILES string of the molecule is CCCCCCCCCCCCCC(=O)OC[C@H]1O[C@H](O[C@H]2CC[C@@]3(C)C(=C[C@H](O)[C@H]4[C@@H]5CC[C@H]([C@H](C)CCCC(C)C)[C@@]5(C)CC[C@@H]43)C2)[C@H](O)[C@@H](O)[C@H]1O. The molecule has 0 unspecified atom stereocenters. The van der Waals surface area contributed by atoms with Crippen molar-refractivity contribution in [3.63, 3.8) is 0 Å². The summed E-state index contributed by atoms with van der Waals surface area (Å²) in [7, 11) is 0. The molecule has 1 aliphatic heterocycles. The van der Waals surface area contributed by atoms with E-state index in [9.17, 15) is 25.2 Å². The lowest BCUT2D eigenvalue weighted by Crippen LogP contribution is -2.60. The molecule has 0 aromatic carbocycles. The van der Waals surface area contributed by atoms with E-state index in [0.29, 0.717) is 30.1 Å². The van der Waals surface area contributed by atoms with Crippen LogP contribution >= 0.6 is 0 Å². The third-order valence-corrected chi connectivity index (χ3v) is 15.7. The monoisotopic (exact) mass is 775 g/mol. The Bertz CT molecular complexity index is 1210. The van der Waals surface area contributed by atoms with Gasteiger partial charge in [-0.3, -0.25) is 4.79 Å². The summed E-state index contributed by atoms with van der Waals surface area (Å²) in [5.74, 6) is 3.15. The van der Waals surface area contributed by atoms with E-state index in [4.69, 9.17) is 14.2 Å². The minimum absolute atomic E-state index is 0.00156. The lowest BCUT2D eigenvalue weighted by atomic mass is 9.46. The van der Waals surface area contributed by atoms with E-state index in [-0.39, 0.29) is 30.0 Å². The first-order valence-electron chi connectivity index (χ1n) is 23.2. The molecule has 5 rings (SSSR count). The van der Waals surface area contributed by atoms with E-state index in [2.05, 4.69) is 47.6 Å². The molecule has 1 heterocycles. The predicted octanol–water partition coefficient (Wildman–Crippen LogP) is 9.44. The van der Waals surface area contributed by atoms with Crippen molar-refractivity contribution in [2.24, 2.45) is 46.3 Å². The molecule has 55 heavy (non-hydrogen) atoms. The van der Waals surface area contributed by atoms with Crippen molar-refractivity contribution in [1.29, 1.82) is 0 Å². The Morgan fingerprint density at radius 3 is 2.15 bits per heavy atom. The van der Waals surface area contributed by atoms with Crippen molar-refractivity contribution in [1.82, 2.24) is 0 Å². The standard InChI is InChI=1S/C47H82O8/c1-7-8-9-10-11-12-13-14-15-16-17-21-40(49)53-30-39-42(50)43(51)44(52)45(55-39)54-34-24-26-46(5)33(28-34)29-38(48)41-36-23-22-35(32(4)20-18-19-31(2)3)47(36,6)27-25-37(41)46/h29,31-32,34-39,41-45,48,50-52H,7-28,30H2,1-6H3/t32-,34+,35-,36+,37+,38+,39-,41+,42+,43+,44-,45+,46+,47-/m1/s1. The minimum atomic E-state index is -1.48. The van der Waals surface area contributed by atoms with E-state index in [1.807, 2.05) is 0 Å². The number of hydrogen-bond donors (Lipinski definition) is 4. The second-order valence-electron chi connectivity index (χ2n) is 19.9. The summed E-state index contributed by atoms with van der Waals surface area (Å²) >= 11 is 0. The van der Waals surface area contributed by atoms with Gasteiger partial charge in [0.1, 0.15) is 31.0 Å². The van der Waals surface area contributed by atoms with Crippen LogP contribution in [-0.4, -0.2) is 75.9 Å². The van der Waals surface area contributed by atoms with Crippen LogP contribution in [0, 0.1) is 46.3 Å². The molecule has 8 heteroatoms. The normalized spacial score (nSPS) is 39.3. The van der Waals surface area contributed by atoms with Gasteiger partial charge in [0.25, 0.3) is 0 Å². The van der Waals surface area contributed by atoms with Gasteiger partial charge >= 0.3 is 5.97 Å². The number of unbranched alkanes of at least 4 members (excludes halogenated alkanes) is 10. The van der Waals surface area contributed by atoms with E-state index in [0.717, 1.165) is 56.3 Å². The summed E-state index contributed by atoms with van der Waals surface area (Å²) in [6, 6.07) is 0. The van der Waals surface area contributed by atoms with Gasteiger partial charge < -0.3 is 34.6 Å². The summed E-state index contributed by atoms with van der Waals surface area (Å²) < 4.78 is 17.9. The van der Waals surface area contributed by atoms with Crippen molar-refractivity contribution in [3.8, 4) is 0 Å². The Morgan fingerprint density at radius 1 is 0.800 bits per heavy atom. The minimum Gasteiger partial charge on any atom is -0.463 e. The van der Waals surface area contributed by atoms with Crippen LogP contribution in [0.1, 0.15) is 183 Å². The molecule has 0 bridgehead atoms. The van der Waals surface area contributed by atoms with Crippen LogP contribution in [-0.2, 0) is 19.0 Å². The molecule has 0 amide bonds. The average Bonchev–Trinajstić information content (AvgIpc) is 3.51. The molecule has 3 saturated carbocycles. The van der Waals surface area contributed by atoms with Crippen molar-refractivity contribution in [3.05, 3.63) is 11.6 Å². The zero-order valence-electron chi connectivity index (χ0n) is 35.8. The number of esters is 1. The average molecular weight is 775 g/mol. The van der Waals surface area contributed by atoms with Gasteiger partial charge in [0.15, 0.2) is 6.29 Å². The van der Waals surface area contributed by atoms with Gasteiger partial charge in [-0.1, -0.05) is 137 Å². The second-order valence-corrected chi connectivity index (χ2v) is 19.9. The molecule has 4 fully saturated rings. The third kappa shape index (κ3) is 11.0. The summed E-state index contributed by atoms with van der Waals surface area (Å²) in [5, 5.41) is 44.2. The van der Waals surface area contributed by atoms with E-state index in [1.54, 1.807) is 0 Å². The Balaban J connectivity index is 1.09. The smallest absolute Gasteiger partial charge is 0.305 e. The van der Waals surface area contributed by atoms with Crippen LogP contribution in [0.5, 0.6) is 0 Å². The largest absolute Gasteiger partial charge is 0.463 e. The highest BCUT2D eigenvalue weighted by molar-refractivity contribution is 5.69. The third-order valence-electron chi connectivity index (χ3n) is 15.7. The molecule has 4 N–H and O–H groups in total. The maximum atomic E-state index is 12.5. The number of carbonyl (C=O) groups is 1. The van der Waals surface area contributed by atoms with Gasteiger partial charge in [0.2, 0.25) is 0 Å². The first-order valence-corrected chi connectivity index (χ1v) is 23.2. The van der Waals surface area contributed by atoms with Crippen molar-refractivity contribution < 1.29 is 39.4 Å². The molecule has 5 aliphatic rings. The lowest BCUT2D eigenvalue weighted by molar-refractivity contribution is -0.313. The number of aliphatic hydroxyl groups is 4. The highest BCUT2D eigenvalue weighted by Crippen LogP contribution is 2.67. The van der Waals surface area contributed by atoms with Crippen LogP contribution in [0.3, 0.4) is 0 Å². The fraction of sp³-hybridized carbons (Fsp3) is 0.936. The predicted molar refractivity (Wildman–Crippen MR) is 218 cm³/mol. The van der Waals surface area contributed by atoms with Crippen LogP contribution in [0.15, 0.2) is 11.6 Å². The van der Waals surface area contributed by atoms with Crippen LogP contribution in [0.2, 0.25) is 0 Å². The van der Waals surface area contributed by atoms with Gasteiger partial charge in [-0.25, -0.2) is 0 Å². The van der Waals surface area contributed by atoms with E-state index in [1.165, 1.54) is 95.5 Å². The topological polar surface area (TPSA) is 126 Å². The van der Waals surface area contributed by atoms with Crippen LogP contribution < -0.4 is 0 Å². The molecule has 8 nitrogen and oxygen atoms in total. The first-order chi connectivity index (χ1) is 26.3. The summed E-state index contributed by atoms with van der Waals surface area (Å²) in [6.45, 7) is 14.1. The number of ether oxygens (including phenoxy) is 3. The van der Waals surface area contributed by atoms with Crippen molar-refractivity contribution >= 4 is 5.97 Å². The molecule has 0 aromatic rings. The van der Waals surface area contributed by atoms with Gasteiger partial charge in [0.05, 0.1) is 12.2 Å². The van der Waals surface area contributed by atoms with Crippen molar-refractivity contribution in [2.75, 3.05) is 6.61 Å². The molecular formula is C47H82O8. The highest BCUT2D eigenvalue weighted by atomic mass is 16.7. The number of aliphatic hydroxyl groups excluding tert-OH is 4. The Labute approximate surface area is 334 Å². The second kappa shape index (κ2) is 20.8. The van der Waals surface area contributed by atoms with E-state index < -0.39 is 36.8 Å². The van der Waals surface area contributed by atoms with Crippen LogP contribution in [0.4, 0.5) is 0 Å². The maximum Gasteiger partial charge on any atom is 0.305 e. The fourth-order valence-electron chi connectivity index (χ4n) is 12.3. The van der Waals surface area contributed by atoms with Gasteiger partial charge in [0, 0.05) is 6.42 Å². The Morgan fingerprint density at radius 2 is 1.47 bits per heavy atom. The van der Waals surface area contributed by atoms with Gasteiger partial charge in [-0.2, -0.15) is 0 Å². The van der Waals surface area contributed by atoms with Crippen LogP contribution in [0.25, 0.3) is 0 Å². The number of hydrogen-bond acceptors (Lipinski definition) is 8. The maximum absolute atomic E-state index is 12.5. The lowest BCUT2D eigenvalue weighted by Gasteiger charge is -2.59. The zero-order chi connectivity index (χ0) is 39.8. The number of rotatable bonds is 21. The Kier molecular flexibility index (Phi) is 17.0. The molecule has 4 aliphatic carbocycles. The summed E-state index contributed by atoms with van der Waals surface area (Å²) in [6.07, 6.45) is 19.7. The molecule has 14 atom stereocenters. The fourth-order valence-corrected chi connectivity index (χ4v) is 12.3. The molecule has 0 spiro atoms. The zero-order valence-corrected chi connectivity index (χ0v) is 35.8. The van der Waals surface area contributed by atoms with Gasteiger partial charge in [-0.15, -0.1) is 0 Å². The summed E-state index contributed by atoms with van der Waals surface area (Å²) in [4.78, 5) is 12.5. The molecule has 0 aromatic heterocycles. The molecule has 0 radical (unpaired) electrons. The summed E-state index contributed by atoms with van der Waals surface area (Å²) in [5.41, 5.74) is 1.54. The van der Waals surface area contributed by atoms with E-state index >= 15 is 0 Å². The van der Waals surface area contributed by atoms with Crippen molar-refractivity contribution in [2.45, 2.75) is 226 Å². The van der Waals surface area contributed by atoms with Gasteiger partial charge in [-0.05, 0) is 97.7 Å². The Hall–Kier alpha value is -1.03. The number of fused-ring (bicyclic) bond motifs is 5. The molecule has 1 saturated heterocycles. The quantitative estimate of drug-likeness (QED) is 0.0517. The molecule has 318 valence electrons.